The standard InChI is InChI=1S/C16H17P/c1-2-3-12-17-15-10-6-4-8-13(15)14-9-5-7-11-16(14)17/h4-11H,2-3,12H2,1H3. The Kier molecular flexibility index (Phi) is 2.91. The second-order valence-corrected chi connectivity index (χ2v) is 6.81. The number of unbranched alkanes of at least 4 members (excludes halogenated alkanes) is 1. The minimum atomic E-state index is -0.0827. The van der Waals surface area contributed by atoms with Gasteiger partial charge in [0.1, 0.15) is 0 Å². The molecular weight excluding hydrogens is 223 g/mol. The van der Waals surface area contributed by atoms with E-state index in [2.05, 4.69) is 55.5 Å². The van der Waals surface area contributed by atoms with Gasteiger partial charge in [0.25, 0.3) is 0 Å². The van der Waals surface area contributed by atoms with Gasteiger partial charge in [-0.25, -0.2) is 0 Å². The largest absolute Gasteiger partial charge is 0.109 e. The molecular formula is C16H17P. The van der Waals surface area contributed by atoms with Gasteiger partial charge in [-0.2, -0.15) is 0 Å². The maximum atomic E-state index is 2.33. The van der Waals surface area contributed by atoms with E-state index in [-0.39, 0.29) is 7.53 Å². The van der Waals surface area contributed by atoms with Gasteiger partial charge in [-0.1, -0.05) is 61.9 Å². The molecule has 3 rings (SSSR count). The van der Waals surface area contributed by atoms with Gasteiger partial charge in [0.05, 0.1) is 0 Å². The van der Waals surface area contributed by atoms with Crippen LogP contribution in [0.5, 0.6) is 0 Å². The Bertz CT molecular complexity index is 595. The summed E-state index contributed by atoms with van der Waals surface area (Å²) in [5, 5.41) is 6.14. The number of rotatable bonds is 3. The average molecular weight is 240 g/mol. The number of benzene rings is 2. The molecule has 0 aliphatic carbocycles. The van der Waals surface area contributed by atoms with Crippen molar-refractivity contribution in [1.82, 2.24) is 0 Å². The first kappa shape index (κ1) is 10.9. The van der Waals surface area contributed by atoms with Gasteiger partial charge in [0.15, 0.2) is 0 Å². The van der Waals surface area contributed by atoms with Crippen molar-refractivity contribution in [2.24, 2.45) is 0 Å². The smallest absolute Gasteiger partial charge is 0.00238 e. The minimum Gasteiger partial charge on any atom is -0.109 e. The zero-order valence-corrected chi connectivity index (χ0v) is 11.1. The molecule has 0 saturated carbocycles. The van der Waals surface area contributed by atoms with Gasteiger partial charge < -0.3 is 0 Å². The average Bonchev–Trinajstić information content (AvgIpc) is 2.71. The van der Waals surface area contributed by atoms with Crippen molar-refractivity contribution in [1.29, 1.82) is 0 Å². The molecule has 1 aromatic heterocycles. The fourth-order valence-corrected chi connectivity index (χ4v) is 5.44. The van der Waals surface area contributed by atoms with E-state index < -0.39 is 0 Å². The SMILES string of the molecule is CCCCp1c2ccccc2c2ccccc21. The Morgan fingerprint density at radius 1 is 0.824 bits per heavy atom. The molecule has 0 amide bonds. The molecule has 2 aromatic carbocycles. The summed E-state index contributed by atoms with van der Waals surface area (Å²) in [7, 11) is -0.0827. The molecule has 1 heterocycles. The molecule has 3 aromatic rings. The van der Waals surface area contributed by atoms with Crippen molar-refractivity contribution in [2.45, 2.75) is 25.9 Å². The third-order valence-electron chi connectivity index (χ3n) is 3.42. The molecule has 86 valence electrons. The normalized spacial score (nSPS) is 11.4. The molecule has 0 N–H and O–H groups in total. The fraction of sp³-hybridized carbons (Fsp3) is 0.250. The molecule has 17 heavy (non-hydrogen) atoms. The van der Waals surface area contributed by atoms with E-state index in [9.17, 15) is 0 Å². The van der Waals surface area contributed by atoms with Crippen molar-refractivity contribution in [2.75, 3.05) is 0 Å². The first-order valence-corrected chi connectivity index (χ1v) is 7.90. The summed E-state index contributed by atoms with van der Waals surface area (Å²) in [6.07, 6.45) is 3.98. The van der Waals surface area contributed by atoms with Crippen LogP contribution in [-0.2, 0) is 6.16 Å². The number of hydrogen-bond acceptors (Lipinski definition) is 0. The lowest BCUT2D eigenvalue weighted by molar-refractivity contribution is 0.856. The first-order valence-electron chi connectivity index (χ1n) is 6.38. The Balaban J connectivity index is 2.33. The van der Waals surface area contributed by atoms with Crippen LogP contribution in [0.15, 0.2) is 48.5 Å². The molecule has 1 heteroatoms. The molecule has 0 aliphatic heterocycles. The second-order valence-electron chi connectivity index (χ2n) is 4.54. The van der Waals surface area contributed by atoms with E-state index in [0.29, 0.717) is 0 Å². The van der Waals surface area contributed by atoms with Crippen LogP contribution in [0, 0.1) is 0 Å². The zero-order valence-electron chi connectivity index (χ0n) is 10.2. The van der Waals surface area contributed by atoms with Crippen LogP contribution in [0.25, 0.3) is 21.0 Å². The number of fused-ring (bicyclic) bond motifs is 3. The summed E-state index contributed by atoms with van der Waals surface area (Å²) in [4.78, 5) is 0. The van der Waals surface area contributed by atoms with Gasteiger partial charge in [0.2, 0.25) is 0 Å². The first-order chi connectivity index (χ1) is 8.42. The van der Waals surface area contributed by atoms with Crippen LogP contribution in [0.2, 0.25) is 0 Å². The van der Waals surface area contributed by atoms with E-state index >= 15 is 0 Å². The third kappa shape index (κ3) is 1.77. The number of aryl methyl sites for hydroxylation is 1. The lowest BCUT2D eigenvalue weighted by Crippen LogP contribution is -1.69. The maximum absolute atomic E-state index is 2.33. The summed E-state index contributed by atoms with van der Waals surface area (Å²) < 4.78 is 0. The van der Waals surface area contributed by atoms with E-state index in [1.165, 1.54) is 29.8 Å². The van der Waals surface area contributed by atoms with Crippen LogP contribution in [0.3, 0.4) is 0 Å². The third-order valence-corrected chi connectivity index (χ3v) is 6.12. The van der Waals surface area contributed by atoms with E-state index in [1.807, 2.05) is 0 Å². The molecule has 0 atom stereocenters. The maximum Gasteiger partial charge on any atom is 0.00238 e. The highest BCUT2D eigenvalue weighted by molar-refractivity contribution is 7.60. The lowest BCUT2D eigenvalue weighted by atomic mass is 10.2. The molecule has 0 nitrogen and oxygen atoms in total. The number of hydrogen-bond donors (Lipinski definition) is 0. The molecule has 0 fully saturated rings. The van der Waals surface area contributed by atoms with Gasteiger partial charge >= 0.3 is 0 Å². The second kappa shape index (κ2) is 4.55. The van der Waals surface area contributed by atoms with Crippen molar-refractivity contribution < 1.29 is 0 Å². The quantitative estimate of drug-likeness (QED) is 0.544. The van der Waals surface area contributed by atoms with E-state index in [1.54, 1.807) is 10.2 Å². The minimum absolute atomic E-state index is 0.0827. The van der Waals surface area contributed by atoms with Crippen LogP contribution in [0.1, 0.15) is 19.8 Å². The van der Waals surface area contributed by atoms with E-state index in [4.69, 9.17) is 0 Å². The predicted octanol–water partition coefficient (Wildman–Crippen LogP) is 5.78. The fourth-order valence-electron chi connectivity index (χ4n) is 2.56. The van der Waals surface area contributed by atoms with Crippen molar-refractivity contribution in [3.8, 4) is 0 Å². The van der Waals surface area contributed by atoms with Crippen LogP contribution in [0.4, 0.5) is 0 Å². The van der Waals surface area contributed by atoms with Gasteiger partial charge in [-0.3, -0.25) is 0 Å². The summed E-state index contributed by atoms with van der Waals surface area (Å²) in [5.74, 6) is 0. The Morgan fingerprint density at radius 3 is 1.88 bits per heavy atom. The van der Waals surface area contributed by atoms with Crippen LogP contribution >= 0.6 is 7.53 Å². The lowest BCUT2D eigenvalue weighted by Gasteiger charge is -2.00. The Morgan fingerprint density at radius 2 is 1.35 bits per heavy atom. The summed E-state index contributed by atoms with van der Waals surface area (Å²) in [6, 6.07) is 17.9. The molecule has 0 radical (unpaired) electrons. The molecule has 0 unspecified atom stereocenters. The Hall–Kier alpha value is -1.26. The molecule has 0 aliphatic rings. The highest BCUT2D eigenvalue weighted by atomic mass is 31.1. The van der Waals surface area contributed by atoms with Gasteiger partial charge in [-0.15, -0.1) is 7.53 Å². The van der Waals surface area contributed by atoms with Crippen molar-refractivity contribution in [3.05, 3.63) is 48.5 Å². The van der Waals surface area contributed by atoms with Gasteiger partial charge in [-0.05, 0) is 23.4 Å². The van der Waals surface area contributed by atoms with Gasteiger partial charge in [0, 0.05) is 10.2 Å². The van der Waals surface area contributed by atoms with Crippen LogP contribution in [-0.4, -0.2) is 0 Å². The highest BCUT2D eigenvalue weighted by Crippen LogP contribution is 2.50. The van der Waals surface area contributed by atoms with Crippen molar-refractivity contribution >= 4 is 28.5 Å². The predicted molar refractivity (Wildman–Crippen MR) is 79.1 cm³/mol. The monoisotopic (exact) mass is 240 g/mol. The summed E-state index contributed by atoms with van der Waals surface area (Å²) in [6.45, 7) is 2.28. The summed E-state index contributed by atoms with van der Waals surface area (Å²) >= 11 is 0. The van der Waals surface area contributed by atoms with Crippen molar-refractivity contribution in [3.63, 3.8) is 0 Å². The molecule has 0 bridgehead atoms. The topological polar surface area (TPSA) is 0 Å². The van der Waals surface area contributed by atoms with Crippen LogP contribution < -0.4 is 0 Å². The summed E-state index contributed by atoms with van der Waals surface area (Å²) in [5.41, 5.74) is 0. The molecule has 0 saturated heterocycles. The Labute approximate surface area is 103 Å². The van der Waals surface area contributed by atoms with E-state index in [0.717, 1.165) is 0 Å². The highest BCUT2D eigenvalue weighted by Gasteiger charge is 2.09. The molecule has 0 spiro atoms. The zero-order chi connectivity index (χ0) is 11.7.